The lowest BCUT2D eigenvalue weighted by atomic mass is 10.2. The van der Waals surface area contributed by atoms with Gasteiger partial charge in [0, 0.05) is 18.9 Å². The molecule has 0 radical (unpaired) electrons. The number of aryl methyl sites for hydroxylation is 1. The van der Waals surface area contributed by atoms with E-state index in [1.165, 1.54) is 0 Å². The number of hydrogen-bond acceptors (Lipinski definition) is 2. The molecule has 1 aromatic heterocycles. The van der Waals surface area contributed by atoms with Crippen molar-refractivity contribution in [3.63, 3.8) is 0 Å². The van der Waals surface area contributed by atoms with Crippen LogP contribution in [-0.2, 0) is 6.54 Å². The molecule has 0 amide bonds. The monoisotopic (exact) mass is 274 g/mol. The predicted octanol–water partition coefficient (Wildman–Crippen LogP) is 2.94. The molecule has 0 N–H and O–H groups in total. The number of alkyl halides is 1. The quantitative estimate of drug-likeness (QED) is 0.476. The van der Waals surface area contributed by atoms with Crippen molar-refractivity contribution in [3.8, 4) is 17.6 Å². The first-order valence-electron chi connectivity index (χ1n) is 6.12. The third-order valence-electron chi connectivity index (χ3n) is 2.55. The van der Waals surface area contributed by atoms with Crippen molar-refractivity contribution in [2.45, 2.75) is 13.0 Å². The predicted molar refractivity (Wildman–Crippen MR) is 76.4 cm³/mol. The van der Waals surface area contributed by atoms with Crippen LogP contribution in [-0.4, -0.2) is 22.0 Å². The summed E-state index contributed by atoms with van der Waals surface area (Å²) in [6, 6.07) is 7.74. The Balaban J connectivity index is 1.85. The molecule has 1 aromatic carbocycles. The molecule has 0 bridgehead atoms. The van der Waals surface area contributed by atoms with Gasteiger partial charge in [-0.05, 0) is 18.6 Å². The second-order valence-electron chi connectivity index (χ2n) is 3.93. The van der Waals surface area contributed by atoms with E-state index in [0.717, 1.165) is 24.3 Å². The summed E-state index contributed by atoms with van der Waals surface area (Å²) >= 11 is 5.56. The SMILES string of the molecule is ClCC#Cc1ccccc1OCCCn1ccnc1. The Kier molecular flexibility index (Phi) is 5.33. The maximum Gasteiger partial charge on any atom is 0.134 e. The lowest BCUT2D eigenvalue weighted by molar-refractivity contribution is 0.301. The second kappa shape index (κ2) is 7.50. The molecule has 0 saturated carbocycles. The zero-order chi connectivity index (χ0) is 13.3. The summed E-state index contributed by atoms with van der Waals surface area (Å²) in [5.74, 6) is 6.98. The van der Waals surface area contributed by atoms with Crippen molar-refractivity contribution in [1.29, 1.82) is 0 Å². The Bertz CT molecular complexity index is 555. The van der Waals surface area contributed by atoms with Crippen LogP contribution in [0.4, 0.5) is 0 Å². The maximum atomic E-state index is 5.75. The molecule has 0 spiro atoms. The van der Waals surface area contributed by atoms with Gasteiger partial charge < -0.3 is 9.30 Å². The maximum absolute atomic E-state index is 5.75. The highest BCUT2D eigenvalue weighted by Gasteiger charge is 1.99. The highest BCUT2D eigenvalue weighted by Crippen LogP contribution is 2.16. The fraction of sp³-hybridized carbons (Fsp3) is 0.267. The molecule has 0 saturated heterocycles. The summed E-state index contributed by atoms with van der Waals surface area (Å²) in [5.41, 5.74) is 0.880. The van der Waals surface area contributed by atoms with Gasteiger partial charge in [-0.3, -0.25) is 0 Å². The summed E-state index contributed by atoms with van der Waals surface area (Å²) in [5, 5.41) is 0. The molecule has 98 valence electrons. The molecule has 2 rings (SSSR count). The van der Waals surface area contributed by atoms with E-state index < -0.39 is 0 Å². The molecule has 19 heavy (non-hydrogen) atoms. The Hall–Kier alpha value is -1.92. The van der Waals surface area contributed by atoms with Crippen LogP contribution < -0.4 is 4.74 Å². The van der Waals surface area contributed by atoms with Crippen LogP contribution >= 0.6 is 11.6 Å². The standard InChI is InChI=1S/C15H15ClN2O/c16-8-3-6-14-5-1-2-7-15(14)19-12-4-10-18-11-9-17-13-18/h1-2,5,7,9,11,13H,4,8,10,12H2. The molecular formula is C15H15ClN2O. The molecule has 0 unspecified atom stereocenters. The van der Waals surface area contributed by atoms with E-state index in [1.54, 1.807) is 12.5 Å². The summed E-state index contributed by atoms with van der Waals surface area (Å²) < 4.78 is 7.78. The van der Waals surface area contributed by atoms with Crippen molar-refractivity contribution in [2.24, 2.45) is 0 Å². The first-order chi connectivity index (χ1) is 9.40. The van der Waals surface area contributed by atoms with E-state index in [9.17, 15) is 0 Å². The molecule has 0 aliphatic carbocycles. The topological polar surface area (TPSA) is 27.1 Å². The molecule has 0 atom stereocenters. The fourth-order valence-electron chi connectivity index (χ4n) is 1.67. The van der Waals surface area contributed by atoms with Gasteiger partial charge in [-0.25, -0.2) is 4.98 Å². The number of hydrogen-bond donors (Lipinski definition) is 0. The molecule has 0 aliphatic rings. The van der Waals surface area contributed by atoms with Crippen LogP contribution in [0, 0.1) is 11.8 Å². The second-order valence-corrected chi connectivity index (χ2v) is 4.20. The summed E-state index contributed by atoms with van der Waals surface area (Å²) in [6.45, 7) is 1.55. The van der Waals surface area contributed by atoms with Crippen LogP contribution in [0.3, 0.4) is 0 Å². The number of halogens is 1. The van der Waals surface area contributed by atoms with Crippen LogP contribution in [0.15, 0.2) is 43.0 Å². The van der Waals surface area contributed by atoms with Crippen molar-refractivity contribution in [1.82, 2.24) is 9.55 Å². The molecule has 0 aliphatic heterocycles. The van der Waals surface area contributed by atoms with Gasteiger partial charge in [0.1, 0.15) is 5.75 Å². The van der Waals surface area contributed by atoms with Crippen LogP contribution in [0.5, 0.6) is 5.75 Å². The van der Waals surface area contributed by atoms with E-state index >= 15 is 0 Å². The van der Waals surface area contributed by atoms with Gasteiger partial charge in [0.15, 0.2) is 0 Å². The summed E-state index contributed by atoms with van der Waals surface area (Å²) in [7, 11) is 0. The van der Waals surface area contributed by atoms with E-state index in [1.807, 2.05) is 35.0 Å². The molecular weight excluding hydrogens is 260 g/mol. The van der Waals surface area contributed by atoms with Crippen molar-refractivity contribution < 1.29 is 4.74 Å². The van der Waals surface area contributed by atoms with Gasteiger partial charge in [-0.1, -0.05) is 24.0 Å². The first-order valence-corrected chi connectivity index (χ1v) is 6.66. The number of ether oxygens (including phenoxy) is 1. The lowest BCUT2D eigenvalue weighted by Crippen LogP contribution is -2.03. The number of imidazole rings is 1. The largest absolute Gasteiger partial charge is 0.492 e. The van der Waals surface area contributed by atoms with Gasteiger partial charge in [0.25, 0.3) is 0 Å². The van der Waals surface area contributed by atoms with E-state index in [0.29, 0.717) is 12.5 Å². The van der Waals surface area contributed by atoms with Gasteiger partial charge in [0.05, 0.1) is 24.4 Å². The van der Waals surface area contributed by atoms with Crippen LogP contribution in [0.25, 0.3) is 0 Å². The number of para-hydroxylation sites is 1. The first kappa shape index (κ1) is 13.5. The van der Waals surface area contributed by atoms with E-state index in [2.05, 4.69) is 16.8 Å². The Labute approximate surface area is 118 Å². The summed E-state index contributed by atoms with van der Waals surface area (Å²) in [6.07, 6.45) is 6.45. The smallest absolute Gasteiger partial charge is 0.134 e. The van der Waals surface area contributed by atoms with E-state index in [-0.39, 0.29) is 0 Å². The van der Waals surface area contributed by atoms with Crippen molar-refractivity contribution >= 4 is 11.6 Å². The van der Waals surface area contributed by atoms with Crippen molar-refractivity contribution in [2.75, 3.05) is 12.5 Å². The average molecular weight is 275 g/mol. The molecule has 1 heterocycles. The Morgan fingerprint density at radius 1 is 1.32 bits per heavy atom. The normalized spacial score (nSPS) is 9.74. The number of nitrogens with zero attached hydrogens (tertiary/aromatic N) is 2. The highest BCUT2D eigenvalue weighted by atomic mass is 35.5. The van der Waals surface area contributed by atoms with Gasteiger partial charge in [-0.2, -0.15) is 0 Å². The Morgan fingerprint density at radius 2 is 2.21 bits per heavy atom. The zero-order valence-electron chi connectivity index (χ0n) is 10.6. The van der Waals surface area contributed by atoms with Crippen molar-refractivity contribution in [3.05, 3.63) is 48.5 Å². The minimum atomic E-state index is 0.328. The Morgan fingerprint density at radius 3 is 3.00 bits per heavy atom. The third-order valence-corrected chi connectivity index (χ3v) is 2.69. The highest BCUT2D eigenvalue weighted by molar-refractivity contribution is 6.19. The molecule has 4 heteroatoms. The average Bonchev–Trinajstić information content (AvgIpc) is 2.95. The van der Waals surface area contributed by atoms with Crippen LogP contribution in [0.1, 0.15) is 12.0 Å². The van der Waals surface area contributed by atoms with E-state index in [4.69, 9.17) is 16.3 Å². The van der Waals surface area contributed by atoms with Gasteiger partial charge >= 0.3 is 0 Å². The minimum Gasteiger partial charge on any atom is -0.492 e. The number of benzene rings is 1. The molecule has 0 fully saturated rings. The molecule has 3 nitrogen and oxygen atoms in total. The van der Waals surface area contributed by atoms with Gasteiger partial charge in [0.2, 0.25) is 0 Å². The number of rotatable bonds is 5. The minimum absolute atomic E-state index is 0.328. The lowest BCUT2D eigenvalue weighted by Gasteiger charge is -2.08. The zero-order valence-corrected chi connectivity index (χ0v) is 11.3. The number of aromatic nitrogens is 2. The third kappa shape index (κ3) is 4.35. The van der Waals surface area contributed by atoms with Crippen LogP contribution in [0.2, 0.25) is 0 Å². The fourth-order valence-corrected chi connectivity index (χ4v) is 1.74. The van der Waals surface area contributed by atoms with Gasteiger partial charge in [-0.15, -0.1) is 11.6 Å². The molecule has 2 aromatic rings. The summed E-state index contributed by atoms with van der Waals surface area (Å²) in [4.78, 5) is 4.00.